The second-order valence-electron chi connectivity index (χ2n) is 7.25. The highest BCUT2D eigenvalue weighted by molar-refractivity contribution is 6.25. The lowest BCUT2D eigenvalue weighted by molar-refractivity contribution is 0.0668. The summed E-state index contributed by atoms with van der Waals surface area (Å²) in [5.74, 6) is 1.63. The Balaban J connectivity index is 2.03. The van der Waals surface area contributed by atoms with Gasteiger partial charge in [0.15, 0.2) is 0 Å². The van der Waals surface area contributed by atoms with Gasteiger partial charge in [-0.25, -0.2) is 0 Å². The Morgan fingerprint density at radius 1 is 1.33 bits per heavy atom. The van der Waals surface area contributed by atoms with Crippen LogP contribution in [0.4, 0.5) is 0 Å². The van der Waals surface area contributed by atoms with Gasteiger partial charge in [-0.15, -0.1) is 0 Å². The van der Waals surface area contributed by atoms with Gasteiger partial charge in [0.1, 0.15) is 0 Å². The third-order valence-corrected chi connectivity index (χ3v) is 6.03. The van der Waals surface area contributed by atoms with E-state index in [1.807, 2.05) is 0 Å². The zero-order valence-corrected chi connectivity index (χ0v) is 14.8. The van der Waals surface area contributed by atoms with Gasteiger partial charge in [0, 0.05) is 37.3 Å². The van der Waals surface area contributed by atoms with E-state index in [0.717, 1.165) is 24.9 Å². The van der Waals surface area contributed by atoms with Crippen LogP contribution in [0.3, 0.4) is 0 Å². The lowest BCUT2D eigenvalue weighted by Crippen LogP contribution is -2.60. The maximum absolute atomic E-state index is 5.93. The molecule has 3 unspecified atom stereocenters. The molecule has 0 aromatic carbocycles. The third kappa shape index (κ3) is 4.71. The van der Waals surface area contributed by atoms with Crippen molar-refractivity contribution in [1.29, 1.82) is 0 Å². The van der Waals surface area contributed by atoms with Crippen LogP contribution in [0.25, 0.3) is 0 Å². The third-order valence-electron chi connectivity index (χ3n) is 5.65. The van der Waals surface area contributed by atoms with Gasteiger partial charge < -0.3 is 5.32 Å². The monoisotopic (exact) mass is 312 g/mol. The summed E-state index contributed by atoms with van der Waals surface area (Å²) in [5, 5.41) is 3.84. The van der Waals surface area contributed by atoms with Crippen LogP contribution in [0.1, 0.15) is 59.3 Å². The summed E-state index contributed by atoms with van der Waals surface area (Å²) in [4.78, 5) is 2.72. The second-order valence-corrected chi connectivity index (χ2v) is 7.47. The van der Waals surface area contributed by atoms with Crippen molar-refractivity contribution in [3.63, 3.8) is 0 Å². The van der Waals surface area contributed by atoms with Crippen molar-refractivity contribution in [2.45, 2.75) is 71.4 Å². The Bertz CT molecular complexity index is 336. The Morgan fingerprint density at radius 3 is 2.67 bits per heavy atom. The van der Waals surface area contributed by atoms with Crippen molar-refractivity contribution in [1.82, 2.24) is 10.2 Å². The Morgan fingerprint density at radius 2 is 2.05 bits per heavy atom. The molecular formula is C18H33ClN2. The average Bonchev–Trinajstić information content (AvgIpc) is 2.54. The molecule has 1 aliphatic carbocycles. The molecule has 0 amide bonds. The molecular weight excluding hydrogens is 280 g/mol. The number of piperazine rings is 1. The van der Waals surface area contributed by atoms with Gasteiger partial charge in [0.05, 0.1) is 0 Å². The van der Waals surface area contributed by atoms with Crippen molar-refractivity contribution in [3.8, 4) is 0 Å². The van der Waals surface area contributed by atoms with Crippen LogP contribution in [-0.4, -0.2) is 36.6 Å². The van der Waals surface area contributed by atoms with E-state index >= 15 is 0 Å². The number of halogens is 1. The zero-order valence-electron chi connectivity index (χ0n) is 14.1. The van der Waals surface area contributed by atoms with E-state index in [4.69, 9.17) is 11.6 Å². The molecule has 3 heteroatoms. The van der Waals surface area contributed by atoms with E-state index in [-0.39, 0.29) is 0 Å². The first kappa shape index (κ1) is 17.3. The van der Waals surface area contributed by atoms with Gasteiger partial charge in [0.25, 0.3) is 0 Å². The predicted molar refractivity (Wildman–Crippen MR) is 92.8 cm³/mol. The molecule has 2 aliphatic rings. The molecule has 3 atom stereocenters. The first-order valence-corrected chi connectivity index (χ1v) is 9.32. The van der Waals surface area contributed by atoms with Crippen molar-refractivity contribution >= 4 is 11.6 Å². The molecule has 0 aromatic heterocycles. The molecule has 122 valence electrons. The summed E-state index contributed by atoms with van der Waals surface area (Å²) >= 11 is 5.93. The quantitative estimate of drug-likeness (QED) is 0.809. The predicted octanol–water partition coefficient (Wildman–Crippen LogP) is 4.40. The normalized spacial score (nSPS) is 31.3. The number of nitrogens with zero attached hydrogens (tertiary/aromatic N) is 1. The standard InChI is InChI=1S/C18H33ClN2/c1-4-15(3)17-13-21(12-14(2)10-19)18(11-20-17)16-8-6-5-7-9-16/h10,15-18,20H,4-9,11-13H2,1-3H3. The number of nitrogens with one attached hydrogen (secondary N) is 1. The highest BCUT2D eigenvalue weighted by Gasteiger charge is 2.35. The first-order chi connectivity index (χ1) is 10.2. The van der Waals surface area contributed by atoms with E-state index in [9.17, 15) is 0 Å². The minimum Gasteiger partial charge on any atom is -0.311 e. The van der Waals surface area contributed by atoms with E-state index in [1.54, 1.807) is 5.54 Å². The molecule has 1 saturated carbocycles. The van der Waals surface area contributed by atoms with Crippen molar-refractivity contribution in [2.75, 3.05) is 19.6 Å². The average molecular weight is 313 g/mol. The molecule has 1 heterocycles. The summed E-state index contributed by atoms with van der Waals surface area (Å²) in [7, 11) is 0. The van der Waals surface area contributed by atoms with Gasteiger partial charge in [-0.1, -0.05) is 51.1 Å². The van der Waals surface area contributed by atoms with Crippen molar-refractivity contribution in [2.24, 2.45) is 11.8 Å². The molecule has 0 spiro atoms. The summed E-state index contributed by atoms with van der Waals surface area (Å²) in [6, 6.07) is 1.34. The molecule has 0 bridgehead atoms. The van der Waals surface area contributed by atoms with Gasteiger partial charge >= 0.3 is 0 Å². The molecule has 2 fully saturated rings. The molecule has 0 aromatic rings. The fraction of sp³-hybridized carbons (Fsp3) is 0.889. The maximum Gasteiger partial charge on any atom is 0.0253 e. The number of hydrogen-bond acceptors (Lipinski definition) is 2. The number of hydrogen-bond donors (Lipinski definition) is 1. The topological polar surface area (TPSA) is 15.3 Å². The lowest BCUT2D eigenvalue weighted by Gasteiger charge is -2.46. The summed E-state index contributed by atoms with van der Waals surface area (Å²) in [6.45, 7) is 10.2. The highest BCUT2D eigenvalue weighted by atomic mass is 35.5. The van der Waals surface area contributed by atoms with Gasteiger partial charge in [-0.3, -0.25) is 4.90 Å². The number of rotatable bonds is 5. The van der Waals surface area contributed by atoms with Crippen molar-refractivity contribution in [3.05, 3.63) is 11.1 Å². The molecule has 1 N–H and O–H groups in total. The van der Waals surface area contributed by atoms with Crippen LogP contribution >= 0.6 is 11.6 Å². The van der Waals surface area contributed by atoms with Crippen LogP contribution in [0, 0.1) is 11.8 Å². The maximum atomic E-state index is 5.93. The minimum atomic E-state index is 0.637. The Hall–Kier alpha value is -0.0500. The minimum absolute atomic E-state index is 0.637. The van der Waals surface area contributed by atoms with Crippen LogP contribution in [0.15, 0.2) is 11.1 Å². The van der Waals surface area contributed by atoms with Crippen LogP contribution in [0.5, 0.6) is 0 Å². The lowest BCUT2D eigenvalue weighted by atomic mass is 9.81. The van der Waals surface area contributed by atoms with E-state index in [0.29, 0.717) is 12.1 Å². The van der Waals surface area contributed by atoms with Gasteiger partial charge in [-0.05, 0) is 37.2 Å². The van der Waals surface area contributed by atoms with Gasteiger partial charge in [0.2, 0.25) is 0 Å². The van der Waals surface area contributed by atoms with Crippen LogP contribution < -0.4 is 5.32 Å². The fourth-order valence-corrected chi connectivity index (χ4v) is 4.11. The van der Waals surface area contributed by atoms with E-state index in [2.05, 4.69) is 31.0 Å². The van der Waals surface area contributed by atoms with Crippen LogP contribution in [-0.2, 0) is 0 Å². The highest BCUT2D eigenvalue weighted by Crippen LogP contribution is 2.31. The summed E-state index contributed by atoms with van der Waals surface area (Å²) in [6.07, 6.45) is 8.37. The molecule has 1 aliphatic heterocycles. The Labute approximate surface area is 136 Å². The van der Waals surface area contributed by atoms with E-state index in [1.165, 1.54) is 50.6 Å². The molecule has 2 rings (SSSR count). The zero-order chi connectivity index (χ0) is 15.2. The van der Waals surface area contributed by atoms with E-state index < -0.39 is 0 Å². The molecule has 0 radical (unpaired) electrons. The molecule has 1 saturated heterocycles. The second kappa shape index (κ2) is 8.55. The summed E-state index contributed by atoms with van der Waals surface area (Å²) < 4.78 is 0. The molecule has 21 heavy (non-hydrogen) atoms. The molecule has 2 nitrogen and oxygen atoms in total. The summed E-state index contributed by atoms with van der Waals surface area (Å²) in [5.41, 5.74) is 3.06. The smallest absolute Gasteiger partial charge is 0.0253 e. The first-order valence-electron chi connectivity index (χ1n) is 8.89. The fourth-order valence-electron chi connectivity index (χ4n) is 4.04. The largest absolute Gasteiger partial charge is 0.311 e. The van der Waals surface area contributed by atoms with Crippen LogP contribution in [0.2, 0.25) is 0 Å². The Kier molecular flexibility index (Phi) is 7.04. The SMILES string of the molecule is CCC(C)C1CN(CC(C)=CCl)C(C2CCCCC2)CN1. The van der Waals surface area contributed by atoms with Crippen molar-refractivity contribution < 1.29 is 0 Å². The van der Waals surface area contributed by atoms with Gasteiger partial charge in [-0.2, -0.15) is 0 Å².